The SMILES string of the molecule is Cc1ccc(Br)cc1S(=O)(=O)Nc1ccc(Br)cc1Br. The predicted molar refractivity (Wildman–Crippen MR) is 91.5 cm³/mol. The van der Waals surface area contributed by atoms with E-state index in [0.717, 1.165) is 8.95 Å². The van der Waals surface area contributed by atoms with Crippen LogP contribution in [0.2, 0.25) is 0 Å². The van der Waals surface area contributed by atoms with Gasteiger partial charge >= 0.3 is 0 Å². The van der Waals surface area contributed by atoms with E-state index in [4.69, 9.17) is 0 Å². The minimum Gasteiger partial charge on any atom is -0.278 e. The van der Waals surface area contributed by atoms with Crippen molar-refractivity contribution in [3.05, 3.63) is 55.4 Å². The predicted octanol–water partition coefficient (Wildman–Crippen LogP) is 5.08. The molecular weight excluding hydrogens is 474 g/mol. The highest BCUT2D eigenvalue weighted by molar-refractivity contribution is 9.11. The van der Waals surface area contributed by atoms with Gasteiger partial charge in [0.15, 0.2) is 0 Å². The molecule has 0 unspecified atom stereocenters. The molecule has 0 amide bonds. The molecule has 2 rings (SSSR count). The van der Waals surface area contributed by atoms with Gasteiger partial charge in [0.25, 0.3) is 10.0 Å². The van der Waals surface area contributed by atoms with E-state index in [-0.39, 0.29) is 4.90 Å². The fraction of sp³-hybridized carbons (Fsp3) is 0.0769. The van der Waals surface area contributed by atoms with Gasteiger partial charge in [-0.05, 0) is 58.7 Å². The van der Waals surface area contributed by atoms with Gasteiger partial charge in [0, 0.05) is 13.4 Å². The van der Waals surface area contributed by atoms with Gasteiger partial charge in [-0.2, -0.15) is 0 Å². The van der Waals surface area contributed by atoms with Gasteiger partial charge in [0.1, 0.15) is 0 Å². The summed E-state index contributed by atoms with van der Waals surface area (Å²) in [5.74, 6) is 0. The molecule has 7 heteroatoms. The lowest BCUT2D eigenvalue weighted by Crippen LogP contribution is -2.14. The number of sulfonamides is 1. The van der Waals surface area contributed by atoms with Gasteiger partial charge in [-0.25, -0.2) is 8.42 Å². The number of nitrogens with one attached hydrogen (secondary N) is 1. The monoisotopic (exact) mass is 481 g/mol. The molecule has 2 aromatic carbocycles. The Balaban J connectivity index is 2.43. The standard InChI is InChI=1S/C13H10Br3NO2S/c1-8-2-3-10(15)7-13(8)20(18,19)17-12-5-4-9(14)6-11(12)16/h2-7,17H,1H3. The summed E-state index contributed by atoms with van der Waals surface area (Å²) in [6.45, 7) is 1.76. The van der Waals surface area contributed by atoms with Crippen LogP contribution in [0.15, 0.2) is 54.7 Å². The zero-order valence-corrected chi connectivity index (χ0v) is 15.9. The fourth-order valence-corrected chi connectivity index (χ4v) is 4.78. The normalized spacial score (nSPS) is 11.4. The van der Waals surface area contributed by atoms with Crippen molar-refractivity contribution in [2.45, 2.75) is 11.8 Å². The van der Waals surface area contributed by atoms with Crippen molar-refractivity contribution < 1.29 is 8.42 Å². The molecule has 0 saturated heterocycles. The van der Waals surface area contributed by atoms with Crippen molar-refractivity contribution in [1.82, 2.24) is 0 Å². The molecule has 1 N–H and O–H groups in total. The maximum atomic E-state index is 12.4. The molecule has 0 aliphatic carbocycles. The molecule has 0 aliphatic heterocycles. The van der Waals surface area contributed by atoms with Crippen LogP contribution in [0, 0.1) is 6.92 Å². The first-order chi connectivity index (χ1) is 9.29. The van der Waals surface area contributed by atoms with Gasteiger partial charge in [0.2, 0.25) is 0 Å². The lowest BCUT2D eigenvalue weighted by molar-refractivity contribution is 0.600. The first-order valence-corrected chi connectivity index (χ1v) is 9.40. The lowest BCUT2D eigenvalue weighted by atomic mass is 10.2. The lowest BCUT2D eigenvalue weighted by Gasteiger charge is -2.12. The fourth-order valence-electron chi connectivity index (χ4n) is 1.64. The summed E-state index contributed by atoms with van der Waals surface area (Å²) in [5.41, 5.74) is 1.18. The minimum absolute atomic E-state index is 0.252. The van der Waals surface area contributed by atoms with E-state index in [2.05, 4.69) is 52.5 Å². The zero-order chi connectivity index (χ0) is 14.9. The van der Waals surface area contributed by atoms with E-state index in [1.54, 1.807) is 37.3 Å². The quantitative estimate of drug-likeness (QED) is 0.661. The Bertz CT molecular complexity index is 760. The molecule has 0 heterocycles. The van der Waals surface area contributed by atoms with Crippen molar-refractivity contribution >= 4 is 63.5 Å². The third-order valence-electron chi connectivity index (χ3n) is 2.62. The van der Waals surface area contributed by atoms with Crippen LogP contribution in [0.5, 0.6) is 0 Å². The number of aryl methyl sites for hydroxylation is 1. The largest absolute Gasteiger partial charge is 0.278 e. The van der Waals surface area contributed by atoms with Crippen molar-refractivity contribution in [3.8, 4) is 0 Å². The summed E-state index contributed by atoms with van der Waals surface area (Å²) >= 11 is 9.96. The molecule has 0 spiro atoms. The number of hydrogen-bond donors (Lipinski definition) is 1. The average molecular weight is 484 g/mol. The minimum atomic E-state index is -3.63. The third kappa shape index (κ3) is 3.63. The van der Waals surface area contributed by atoms with Crippen LogP contribution in [0.3, 0.4) is 0 Å². The summed E-state index contributed by atoms with van der Waals surface area (Å²) < 4.78 is 29.7. The molecule has 2 aromatic rings. The van der Waals surface area contributed by atoms with Gasteiger partial charge in [0.05, 0.1) is 10.6 Å². The number of rotatable bonds is 3. The van der Waals surface area contributed by atoms with Crippen molar-refractivity contribution in [2.24, 2.45) is 0 Å². The maximum Gasteiger partial charge on any atom is 0.262 e. The number of halogens is 3. The molecule has 0 aliphatic rings. The molecule has 106 valence electrons. The molecular formula is C13H10Br3NO2S. The molecule has 0 saturated carbocycles. The smallest absolute Gasteiger partial charge is 0.262 e. The van der Waals surface area contributed by atoms with E-state index in [9.17, 15) is 8.42 Å². The first-order valence-electron chi connectivity index (χ1n) is 5.53. The van der Waals surface area contributed by atoms with Crippen LogP contribution in [-0.4, -0.2) is 8.42 Å². The van der Waals surface area contributed by atoms with Crippen molar-refractivity contribution in [2.75, 3.05) is 4.72 Å². The van der Waals surface area contributed by atoms with Crippen molar-refractivity contribution in [1.29, 1.82) is 0 Å². The van der Waals surface area contributed by atoms with Crippen LogP contribution in [-0.2, 0) is 10.0 Å². The zero-order valence-electron chi connectivity index (χ0n) is 10.3. The molecule has 0 atom stereocenters. The summed E-state index contributed by atoms with van der Waals surface area (Å²) in [6, 6.07) is 10.4. The van der Waals surface area contributed by atoms with Gasteiger partial charge in [-0.3, -0.25) is 4.72 Å². The van der Waals surface area contributed by atoms with Crippen LogP contribution < -0.4 is 4.72 Å². The molecule has 3 nitrogen and oxygen atoms in total. The summed E-state index contributed by atoms with van der Waals surface area (Å²) in [5, 5.41) is 0. The van der Waals surface area contributed by atoms with E-state index in [1.807, 2.05) is 6.07 Å². The van der Waals surface area contributed by atoms with Crippen LogP contribution in [0.4, 0.5) is 5.69 Å². The van der Waals surface area contributed by atoms with Crippen LogP contribution in [0.25, 0.3) is 0 Å². The second-order valence-electron chi connectivity index (χ2n) is 4.14. The van der Waals surface area contributed by atoms with Gasteiger partial charge < -0.3 is 0 Å². The van der Waals surface area contributed by atoms with Crippen LogP contribution in [0.1, 0.15) is 5.56 Å². The second-order valence-corrected chi connectivity index (χ2v) is 8.48. The Hall–Kier alpha value is -0.370. The average Bonchev–Trinajstić information content (AvgIpc) is 2.35. The Kier molecular flexibility index (Phi) is 4.94. The molecule has 0 radical (unpaired) electrons. The van der Waals surface area contributed by atoms with E-state index >= 15 is 0 Å². The van der Waals surface area contributed by atoms with Gasteiger partial charge in [-0.1, -0.05) is 37.9 Å². The Morgan fingerprint density at radius 1 is 0.950 bits per heavy atom. The van der Waals surface area contributed by atoms with E-state index in [1.165, 1.54) is 0 Å². The Labute approximate surface area is 143 Å². The Morgan fingerprint density at radius 3 is 2.20 bits per heavy atom. The van der Waals surface area contributed by atoms with Crippen molar-refractivity contribution in [3.63, 3.8) is 0 Å². The second kappa shape index (κ2) is 6.17. The van der Waals surface area contributed by atoms with E-state index < -0.39 is 10.0 Å². The summed E-state index contributed by atoms with van der Waals surface area (Å²) in [4.78, 5) is 0.252. The highest BCUT2D eigenvalue weighted by Gasteiger charge is 2.18. The molecule has 0 bridgehead atoms. The molecule has 0 fully saturated rings. The first kappa shape index (κ1) is 16.0. The Morgan fingerprint density at radius 2 is 1.55 bits per heavy atom. The van der Waals surface area contributed by atoms with E-state index in [0.29, 0.717) is 15.7 Å². The highest BCUT2D eigenvalue weighted by Crippen LogP contribution is 2.29. The number of anilines is 1. The maximum absolute atomic E-state index is 12.4. The molecule has 20 heavy (non-hydrogen) atoms. The van der Waals surface area contributed by atoms with Crippen LogP contribution >= 0.6 is 47.8 Å². The number of hydrogen-bond acceptors (Lipinski definition) is 2. The summed E-state index contributed by atoms with van der Waals surface area (Å²) in [7, 11) is -3.63. The summed E-state index contributed by atoms with van der Waals surface area (Å²) in [6.07, 6.45) is 0. The molecule has 0 aromatic heterocycles. The van der Waals surface area contributed by atoms with Gasteiger partial charge in [-0.15, -0.1) is 0 Å². The highest BCUT2D eigenvalue weighted by atomic mass is 79.9. The topological polar surface area (TPSA) is 46.2 Å². The third-order valence-corrected chi connectivity index (χ3v) is 5.77. The number of benzene rings is 2.